The minimum atomic E-state index is -3.75. The van der Waals surface area contributed by atoms with E-state index in [4.69, 9.17) is 4.74 Å². The van der Waals surface area contributed by atoms with E-state index in [0.29, 0.717) is 44.0 Å². The maximum Gasteiger partial charge on any atom is 0.295 e. The van der Waals surface area contributed by atoms with E-state index in [2.05, 4.69) is 0 Å². The van der Waals surface area contributed by atoms with Crippen LogP contribution in [0.25, 0.3) is 5.76 Å². The van der Waals surface area contributed by atoms with Crippen LogP contribution in [-0.2, 0) is 19.6 Å². The lowest BCUT2D eigenvalue weighted by molar-refractivity contribution is -0.139. The summed E-state index contributed by atoms with van der Waals surface area (Å²) in [5.74, 6) is -1.22. The Morgan fingerprint density at radius 1 is 1.05 bits per heavy atom. The Bertz CT molecular complexity index is 1330. The fraction of sp³-hybridized carbons (Fsp3) is 0.448. The van der Waals surface area contributed by atoms with Gasteiger partial charge in [0.05, 0.1) is 23.1 Å². The SMILES string of the molecule is CCOc1ccc(C2/C(=C(/O)c3cccc(S(=O)(=O)N4CCCCC4)c3)C(=O)C(=O)N2CCCN(C)C)cc1. The van der Waals surface area contributed by atoms with Gasteiger partial charge in [0.15, 0.2) is 0 Å². The van der Waals surface area contributed by atoms with Crippen LogP contribution >= 0.6 is 0 Å². The van der Waals surface area contributed by atoms with Gasteiger partial charge in [0.1, 0.15) is 11.5 Å². The van der Waals surface area contributed by atoms with E-state index in [-0.39, 0.29) is 16.0 Å². The van der Waals surface area contributed by atoms with Gasteiger partial charge < -0.3 is 19.6 Å². The molecule has 0 bridgehead atoms. The number of carbonyl (C=O) groups excluding carboxylic acids is 2. The fourth-order valence-electron chi connectivity index (χ4n) is 5.14. The number of rotatable bonds is 10. The minimum Gasteiger partial charge on any atom is -0.507 e. The Morgan fingerprint density at radius 3 is 2.38 bits per heavy atom. The molecule has 0 radical (unpaired) electrons. The first kappa shape index (κ1) is 28.8. The molecule has 2 aromatic carbocycles. The largest absolute Gasteiger partial charge is 0.507 e. The molecule has 2 aromatic rings. The zero-order valence-corrected chi connectivity index (χ0v) is 23.6. The monoisotopic (exact) mass is 555 g/mol. The van der Waals surface area contributed by atoms with Gasteiger partial charge in [0.2, 0.25) is 10.0 Å². The number of ketones is 1. The summed E-state index contributed by atoms with van der Waals surface area (Å²) in [6.07, 6.45) is 3.24. The molecule has 39 heavy (non-hydrogen) atoms. The third kappa shape index (κ3) is 6.18. The van der Waals surface area contributed by atoms with E-state index in [1.54, 1.807) is 36.4 Å². The zero-order valence-electron chi connectivity index (χ0n) is 22.8. The predicted molar refractivity (Wildman–Crippen MR) is 149 cm³/mol. The number of amides is 1. The van der Waals surface area contributed by atoms with Crippen LogP contribution in [0, 0.1) is 0 Å². The number of benzene rings is 2. The van der Waals surface area contributed by atoms with Crippen molar-refractivity contribution in [3.8, 4) is 5.75 Å². The van der Waals surface area contributed by atoms with Crippen LogP contribution in [0.1, 0.15) is 49.8 Å². The number of Topliss-reactive ketones (excluding diaryl/α,β-unsaturated/α-hetero) is 1. The lowest BCUT2D eigenvalue weighted by Gasteiger charge is -2.26. The maximum atomic E-state index is 13.3. The topological polar surface area (TPSA) is 107 Å². The highest BCUT2D eigenvalue weighted by molar-refractivity contribution is 7.89. The van der Waals surface area contributed by atoms with Crippen LogP contribution in [0.3, 0.4) is 0 Å². The van der Waals surface area contributed by atoms with Gasteiger partial charge >= 0.3 is 0 Å². The first-order valence-corrected chi connectivity index (χ1v) is 14.9. The number of sulfonamides is 1. The number of aliphatic hydroxyl groups is 1. The van der Waals surface area contributed by atoms with Crippen molar-refractivity contribution in [2.24, 2.45) is 0 Å². The lowest BCUT2D eigenvalue weighted by atomic mass is 9.95. The van der Waals surface area contributed by atoms with Gasteiger partial charge in [-0.1, -0.05) is 30.7 Å². The summed E-state index contributed by atoms with van der Waals surface area (Å²) < 4.78 is 33.6. The van der Waals surface area contributed by atoms with Gasteiger partial charge in [-0.05, 0) is 76.7 Å². The van der Waals surface area contributed by atoms with Crippen molar-refractivity contribution in [1.82, 2.24) is 14.1 Å². The first-order valence-electron chi connectivity index (χ1n) is 13.4. The molecule has 1 N–H and O–H groups in total. The molecular weight excluding hydrogens is 518 g/mol. The number of likely N-dealkylation sites (tertiary alicyclic amines) is 1. The Hall–Kier alpha value is -3.21. The minimum absolute atomic E-state index is 0.0475. The number of piperidine rings is 1. The highest BCUT2D eigenvalue weighted by Crippen LogP contribution is 2.40. The van der Waals surface area contributed by atoms with E-state index < -0.39 is 33.5 Å². The molecule has 10 heteroatoms. The third-order valence-electron chi connectivity index (χ3n) is 7.11. The van der Waals surface area contributed by atoms with Crippen LogP contribution in [0.2, 0.25) is 0 Å². The first-order chi connectivity index (χ1) is 18.6. The molecule has 1 amide bonds. The van der Waals surface area contributed by atoms with Crippen molar-refractivity contribution in [2.45, 2.75) is 43.5 Å². The molecule has 0 aliphatic carbocycles. The Balaban J connectivity index is 1.76. The van der Waals surface area contributed by atoms with Gasteiger partial charge in [-0.15, -0.1) is 0 Å². The smallest absolute Gasteiger partial charge is 0.295 e. The normalized spacial score (nSPS) is 20.1. The van der Waals surface area contributed by atoms with Crippen LogP contribution in [0.4, 0.5) is 0 Å². The molecule has 2 saturated heterocycles. The Kier molecular flexibility index (Phi) is 9.09. The van der Waals surface area contributed by atoms with Crippen molar-refractivity contribution in [1.29, 1.82) is 0 Å². The number of aliphatic hydroxyl groups excluding tert-OH is 1. The van der Waals surface area contributed by atoms with Crippen LogP contribution < -0.4 is 4.74 Å². The summed E-state index contributed by atoms with van der Waals surface area (Å²) in [4.78, 5) is 30.1. The highest BCUT2D eigenvalue weighted by Gasteiger charge is 2.46. The van der Waals surface area contributed by atoms with E-state index >= 15 is 0 Å². The second kappa shape index (κ2) is 12.3. The number of carbonyl (C=O) groups is 2. The number of ether oxygens (including phenoxy) is 1. The predicted octanol–water partition coefficient (Wildman–Crippen LogP) is 3.63. The molecule has 4 rings (SSSR count). The van der Waals surface area contributed by atoms with E-state index in [0.717, 1.165) is 25.8 Å². The van der Waals surface area contributed by atoms with E-state index in [1.807, 2.05) is 25.9 Å². The molecule has 1 atom stereocenters. The molecular formula is C29H37N3O6S. The average Bonchev–Trinajstić information content (AvgIpc) is 3.18. The van der Waals surface area contributed by atoms with Crippen molar-refractivity contribution in [3.63, 3.8) is 0 Å². The Labute approximate surface area is 230 Å². The molecule has 9 nitrogen and oxygen atoms in total. The average molecular weight is 556 g/mol. The van der Waals surface area contributed by atoms with Crippen LogP contribution in [0.5, 0.6) is 5.75 Å². The number of hydrogen-bond donors (Lipinski definition) is 1. The molecule has 2 fully saturated rings. The molecule has 210 valence electrons. The van der Waals surface area contributed by atoms with Gasteiger partial charge in [-0.3, -0.25) is 9.59 Å². The van der Waals surface area contributed by atoms with Crippen molar-refractivity contribution >= 4 is 27.5 Å². The van der Waals surface area contributed by atoms with E-state index in [9.17, 15) is 23.1 Å². The van der Waals surface area contributed by atoms with Crippen molar-refractivity contribution in [2.75, 3.05) is 46.9 Å². The fourth-order valence-corrected chi connectivity index (χ4v) is 6.70. The number of hydrogen-bond acceptors (Lipinski definition) is 7. The van der Waals surface area contributed by atoms with E-state index in [1.165, 1.54) is 21.3 Å². The summed E-state index contributed by atoms with van der Waals surface area (Å²) >= 11 is 0. The van der Waals surface area contributed by atoms with Crippen LogP contribution in [-0.4, -0.2) is 86.2 Å². The molecule has 0 saturated carbocycles. The maximum absolute atomic E-state index is 13.3. The quantitative estimate of drug-likeness (QED) is 0.271. The molecule has 0 spiro atoms. The Morgan fingerprint density at radius 2 is 1.74 bits per heavy atom. The third-order valence-corrected chi connectivity index (χ3v) is 9.01. The van der Waals surface area contributed by atoms with Gasteiger partial charge in [-0.2, -0.15) is 4.31 Å². The molecule has 2 aliphatic rings. The van der Waals surface area contributed by atoms with Crippen LogP contribution in [0.15, 0.2) is 59.0 Å². The second-order valence-electron chi connectivity index (χ2n) is 10.1. The molecule has 2 heterocycles. The summed E-state index contributed by atoms with van der Waals surface area (Å²) in [6.45, 7) is 4.32. The van der Waals surface area contributed by atoms with Gasteiger partial charge in [-0.25, -0.2) is 8.42 Å². The second-order valence-corrected chi connectivity index (χ2v) is 12.1. The molecule has 2 aliphatic heterocycles. The van der Waals surface area contributed by atoms with Crippen molar-refractivity contribution < 1.29 is 27.9 Å². The molecule has 1 unspecified atom stereocenters. The number of nitrogens with zero attached hydrogens (tertiary/aromatic N) is 3. The highest BCUT2D eigenvalue weighted by atomic mass is 32.2. The van der Waals surface area contributed by atoms with Crippen molar-refractivity contribution in [3.05, 3.63) is 65.2 Å². The lowest BCUT2D eigenvalue weighted by Crippen LogP contribution is -2.35. The standard InChI is InChI=1S/C29H37N3O6S/c1-4-38-23-14-12-21(13-15-23)26-25(28(34)29(35)32(26)19-9-16-30(2)3)27(33)22-10-8-11-24(20-22)39(36,37)31-17-6-5-7-18-31/h8,10-15,20,26,33H,4-7,9,16-19H2,1-3H3/b27-25-. The van der Waals surface area contributed by atoms with Gasteiger partial charge in [0.25, 0.3) is 11.7 Å². The summed E-state index contributed by atoms with van der Waals surface area (Å²) in [6, 6.07) is 12.3. The van der Waals surface area contributed by atoms with Gasteiger partial charge in [0, 0.05) is 25.2 Å². The molecule has 0 aromatic heterocycles. The summed E-state index contributed by atoms with van der Waals surface area (Å²) in [5, 5.41) is 11.4. The summed E-state index contributed by atoms with van der Waals surface area (Å²) in [5.41, 5.74) is 0.776. The summed E-state index contributed by atoms with van der Waals surface area (Å²) in [7, 11) is 0.113. The zero-order chi connectivity index (χ0) is 28.2.